The lowest BCUT2D eigenvalue weighted by Gasteiger charge is -2.07. The molecule has 0 aliphatic carbocycles. The van der Waals surface area contributed by atoms with Crippen molar-refractivity contribution >= 4 is 11.8 Å². The van der Waals surface area contributed by atoms with Gasteiger partial charge in [-0.05, 0) is 11.7 Å². The van der Waals surface area contributed by atoms with Crippen LogP contribution in [0, 0.1) is 5.92 Å². The smallest absolute Gasteiger partial charge is 0.0589 e. The Morgan fingerprint density at radius 2 is 2.17 bits per heavy atom. The van der Waals surface area contributed by atoms with Crippen molar-refractivity contribution in [1.82, 2.24) is 0 Å². The minimum Gasteiger partial charge on any atom is -0.379 e. The van der Waals surface area contributed by atoms with Crippen molar-refractivity contribution in [3.8, 4) is 0 Å². The van der Waals surface area contributed by atoms with Crippen LogP contribution in [0.15, 0.2) is 0 Å². The van der Waals surface area contributed by atoms with Crippen LogP contribution in [0.5, 0.6) is 0 Å². The number of thioether (sulfide) groups is 1. The van der Waals surface area contributed by atoms with E-state index in [1.807, 2.05) is 11.8 Å². The van der Waals surface area contributed by atoms with Crippen LogP contribution in [0.4, 0.5) is 0 Å². The first-order valence-corrected chi connectivity index (χ1v) is 5.82. The summed E-state index contributed by atoms with van der Waals surface area (Å²) in [6, 6.07) is 0. The molecule has 0 heterocycles. The lowest BCUT2D eigenvalue weighted by atomic mass is 10.2. The first-order chi connectivity index (χ1) is 5.81. The van der Waals surface area contributed by atoms with E-state index in [2.05, 4.69) is 13.8 Å². The van der Waals surface area contributed by atoms with E-state index in [9.17, 15) is 0 Å². The summed E-state index contributed by atoms with van der Waals surface area (Å²) in [4.78, 5) is 0. The van der Waals surface area contributed by atoms with Gasteiger partial charge in [0.25, 0.3) is 0 Å². The first kappa shape index (κ1) is 12.3. The third-order valence-corrected chi connectivity index (χ3v) is 2.99. The maximum absolute atomic E-state index is 5.28. The summed E-state index contributed by atoms with van der Waals surface area (Å²) in [6.07, 6.45) is 1.27. The Labute approximate surface area is 80.2 Å². The molecule has 0 amide bonds. The highest BCUT2D eigenvalue weighted by Gasteiger charge is 1.97. The second-order valence-corrected chi connectivity index (χ2v) is 4.14. The van der Waals surface area contributed by atoms with E-state index in [4.69, 9.17) is 10.5 Å². The fourth-order valence-corrected chi connectivity index (χ4v) is 1.75. The van der Waals surface area contributed by atoms with Crippen LogP contribution in [0.3, 0.4) is 0 Å². The average Bonchev–Trinajstić information content (AvgIpc) is 2.10. The van der Waals surface area contributed by atoms with Gasteiger partial charge in [-0.1, -0.05) is 20.3 Å². The number of hydrogen-bond donors (Lipinski definition) is 1. The molecular weight excluding hydrogens is 170 g/mol. The van der Waals surface area contributed by atoms with Gasteiger partial charge in [-0.15, -0.1) is 0 Å². The molecule has 0 fully saturated rings. The van der Waals surface area contributed by atoms with Gasteiger partial charge in [-0.2, -0.15) is 11.8 Å². The summed E-state index contributed by atoms with van der Waals surface area (Å²) in [5.41, 5.74) is 5.28. The summed E-state index contributed by atoms with van der Waals surface area (Å²) in [5.74, 6) is 3.19. The molecule has 0 aromatic carbocycles. The minimum atomic E-state index is 0.635. The summed E-state index contributed by atoms with van der Waals surface area (Å²) >= 11 is 1.97. The molecule has 0 radical (unpaired) electrons. The summed E-state index contributed by atoms with van der Waals surface area (Å²) in [6.45, 7) is 6.70. The van der Waals surface area contributed by atoms with E-state index in [0.717, 1.165) is 18.3 Å². The minimum absolute atomic E-state index is 0.635. The van der Waals surface area contributed by atoms with Gasteiger partial charge in [0.1, 0.15) is 0 Å². The highest BCUT2D eigenvalue weighted by atomic mass is 32.2. The van der Waals surface area contributed by atoms with E-state index in [0.29, 0.717) is 13.2 Å². The molecule has 2 nitrogen and oxygen atoms in total. The Bertz CT molecular complexity index is 90.6. The normalized spacial score (nSPS) is 13.2. The highest BCUT2D eigenvalue weighted by molar-refractivity contribution is 7.99. The molecule has 0 aromatic rings. The van der Waals surface area contributed by atoms with E-state index >= 15 is 0 Å². The zero-order valence-electron chi connectivity index (χ0n) is 8.21. The van der Waals surface area contributed by atoms with Crippen LogP contribution in [0.25, 0.3) is 0 Å². The SMILES string of the molecule is CCC(C)CSCCOCCN. The molecule has 1 unspecified atom stereocenters. The molecule has 0 bridgehead atoms. The zero-order chi connectivity index (χ0) is 9.23. The largest absolute Gasteiger partial charge is 0.379 e. The third kappa shape index (κ3) is 8.37. The molecule has 0 aliphatic heterocycles. The summed E-state index contributed by atoms with van der Waals surface area (Å²) in [7, 11) is 0. The predicted octanol–water partition coefficient (Wildman–Crippen LogP) is 1.74. The second-order valence-electron chi connectivity index (χ2n) is 2.99. The standard InChI is InChI=1S/C9H21NOS/c1-3-9(2)8-12-7-6-11-5-4-10/h9H,3-8,10H2,1-2H3. The van der Waals surface area contributed by atoms with Crippen LogP contribution < -0.4 is 5.73 Å². The molecule has 0 aromatic heterocycles. The molecular formula is C9H21NOS. The maximum atomic E-state index is 5.28. The van der Waals surface area contributed by atoms with Crippen molar-refractivity contribution in [2.24, 2.45) is 11.7 Å². The lowest BCUT2D eigenvalue weighted by Crippen LogP contribution is -2.10. The van der Waals surface area contributed by atoms with Crippen LogP contribution in [-0.4, -0.2) is 31.3 Å². The van der Waals surface area contributed by atoms with Crippen LogP contribution in [0.2, 0.25) is 0 Å². The molecule has 74 valence electrons. The average molecular weight is 191 g/mol. The Hall–Kier alpha value is 0.270. The van der Waals surface area contributed by atoms with E-state index in [1.54, 1.807) is 0 Å². The van der Waals surface area contributed by atoms with Crippen molar-refractivity contribution < 1.29 is 4.74 Å². The topological polar surface area (TPSA) is 35.2 Å². The summed E-state index contributed by atoms with van der Waals surface area (Å²) in [5, 5.41) is 0. The van der Waals surface area contributed by atoms with Crippen molar-refractivity contribution in [2.75, 3.05) is 31.3 Å². The monoisotopic (exact) mass is 191 g/mol. The van der Waals surface area contributed by atoms with Gasteiger partial charge < -0.3 is 10.5 Å². The van der Waals surface area contributed by atoms with Crippen LogP contribution >= 0.6 is 11.8 Å². The molecule has 1 atom stereocenters. The number of nitrogens with two attached hydrogens (primary N) is 1. The van der Waals surface area contributed by atoms with Gasteiger partial charge in [0, 0.05) is 12.3 Å². The molecule has 3 heteroatoms. The van der Waals surface area contributed by atoms with Crippen molar-refractivity contribution in [1.29, 1.82) is 0 Å². The number of ether oxygens (including phenoxy) is 1. The van der Waals surface area contributed by atoms with Crippen LogP contribution in [0.1, 0.15) is 20.3 Å². The first-order valence-electron chi connectivity index (χ1n) is 4.66. The second kappa shape index (κ2) is 9.36. The lowest BCUT2D eigenvalue weighted by molar-refractivity contribution is 0.158. The molecule has 0 spiro atoms. The molecule has 0 saturated heterocycles. The fourth-order valence-electron chi connectivity index (χ4n) is 0.706. The van der Waals surface area contributed by atoms with Gasteiger partial charge in [0.2, 0.25) is 0 Å². The van der Waals surface area contributed by atoms with E-state index in [-0.39, 0.29) is 0 Å². The molecule has 0 rings (SSSR count). The van der Waals surface area contributed by atoms with Crippen molar-refractivity contribution in [3.05, 3.63) is 0 Å². The van der Waals surface area contributed by atoms with Gasteiger partial charge in [0.15, 0.2) is 0 Å². The predicted molar refractivity (Wildman–Crippen MR) is 56.7 cm³/mol. The van der Waals surface area contributed by atoms with Crippen molar-refractivity contribution in [2.45, 2.75) is 20.3 Å². The van der Waals surface area contributed by atoms with E-state index < -0.39 is 0 Å². The third-order valence-electron chi connectivity index (χ3n) is 1.73. The molecule has 2 N–H and O–H groups in total. The zero-order valence-corrected chi connectivity index (χ0v) is 9.03. The Morgan fingerprint density at radius 1 is 1.42 bits per heavy atom. The van der Waals surface area contributed by atoms with Gasteiger partial charge >= 0.3 is 0 Å². The van der Waals surface area contributed by atoms with Gasteiger partial charge in [-0.3, -0.25) is 0 Å². The van der Waals surface area contributed by atoms with Crippen LogP contribution in [-0.2, 0) is 4.74 Å². The quantitative estimate of drug-likeness (QED) is 0.594. The van der Waals surface area contributed by atoms with Crippen molar-refractivity contribution in [3.63, 3.8) is 0 Å². The maximum Gasteiger partial charge on any atom is 0.0589 e. The number of hydrogen-bond acceptors (Lipinski definition) is 3. The van der Waals surface area contributed by atoms with E-state index in [1.165, 1.54) is 12.2 Å². The molecule has 12 heavy (non-hydrogen) atoms. The van der Waals surface area contributed by atoms with Gasteiger partial charge in [-0.25, -0.2) is 0 Å². The molecule has 0 aliphatic rings. The van der Waals surface area contributed by atoms with Gasteiger partial charge in [0.05, 0.1) is 13.2 Å². The Morgan fingerprint density at radius 3 is 2.75 bits per heavy atom. The Kier molecular flexibility index (Phi) is 9.57. The highest BCUT2D eigenvalue weighted by Crippen LogP contribution is 2.10. The molecule has 0 saturated carbocycles. The fraction of sp³-hybridized carbons (Fsp3) is 1.00. The Balaban J connectivity index is 2.90. The number of rotatable bonds is 8. The summed E-state index contributed by atoms with van der Waals surface area (Å²) < 4.78 is 5.25.